The average Bonchev–Trinajstić information content (AvgIpc) is 3.19. The zero-order valence-corrected chi connectivity index (χ0v) is 19.9. The molecule has 4 fully saturated rings. The summed E-state index contributed by atoms with van der Waals surface area (Å²) in [4.78, 5) is 0. The number of fused-ring (bicyclic) bond motifs is 6. The van der Waals surface area contributed by atoms with Gasteiger partial charge in [0.15, 0.2) is 0 Å². The number of hydrogen-bond acceptors (Lipinski definition) is 4. The van der Waals surface area contributed by atoms with Gasteiger partial charge in [-0.05, 0) is 88.2 Å². The summed E-state index contributed by atoms with van der Waals surface area (Å²) in [7, 11) is 0. The van der Waals surface area contributed by atoms with E-state index in [1.54, 1.807) is 5.57 Å². The maximum atomic E-state index is 10.3. The van der Waals surface area contributed by atoms with E-state index in [9.17, 15) is 5.11 Å². The zero-order chi connectivity index (χ0) is 21.8. The average molecular weight is 427 g/mol. The molecule has 2 saturated carbocycles. The van der Waals surface area contributed by atoms with Gasteiger partial charge in [-0.15, -0.1) is 0 Å². The van der Waals surface area contributed by atoms with Crippen LogP contribution in [0.1, 0.15) is 79.1 Å². The number of aliphatic hydroxyl groups is 1. The molecule has 0 amide bonds. The molecule has 4 nitrogen and oxygen atoms in total. The lowest BCUT2D eigenvalue weighted by atomic mass is 9.52. The Bertz CT molecular complexity index is 850. The Morgan fingerprint density at radius 1 is 1.23 bits per heavy atom. The Morgan fingerprint density at radius 2 is 2.03 bits per heavy atom. The standard InChI is InChI=1S/C27H42N2O2/c1-15-11-23-24(29-14-15)17(3)26(31-23)10-8-20-21(16(26)2)13-27(28)22(20)6-5-18-12-19(30)7-9-25(18,27)4/h5,15,17,19-20,22-24,29-30H,6-14,28H2,1-4H3/t15-,17+,19?,20+,22-,23+,24-,25-,26-,27+/m0/s1. The third-order valence-corrected chi connectivity index (χ3v) is 11.2. The van der Waals surface area contributed by atoms with Crippen LogP contribution in [0.3, 0.4) is 0 Å². The highest BCUT2D eigenvalue weighted by atomic mass is 16.5. The van der Waals surface area contributed by atoms with E-state index in [1.165, 1.54) is 24.0 Å². The lowest BCUT2D eigenvalue weighted by Gasteiger charge is -2.55. The summed E-state index contributed by atoms with van der Waals surface area (Å²) in [6.45, 7) is 10.7. The smallest absolute Gasteiger partial charge is 0.0937 e. The monoisotopic (exact) mass is 426 g/mol. The highest BCUT2D eigenvalue weighted by Gasteiger charge is 2.64. The van der Waals surface area contributed by atoms with Crippen LogP contribution in [0.15, 0.2) is 22.8 Å². The zero-order valence-electron chi connectivity index (χ0n) is 19.9. The lowest BCUT2D eigenvalue weighted by molar-refractivity contribution is -0.0552. The second-order valence-electron chi connectivity index (χ2n) is 12.4. The van der Waals surface area contributed by atoms with E-state index >= 15 is 0 Å². The number of hydrogen-bond donors (Lipinski definition) is 3. The van der Waals surface area contributed by atoms with Crippen LogP contribution in [0.4, 0.5) is 0 Å². The van der Waals surface area contributed by atoms with Gasteiger partial charge in [-0.2, -0.15) is 0 Å². The molecule has 6 aliphatic rings. The Labute approximate surface area is 188 Å². The number of aliphatic hydroxyl groups excluding tert-OH is 1. The van der Waals surface area contributed by atoms with Crippen molar-refractivity contribution in [1.82, 2.24) is 5.32 Å². The highest BCUT2D eigenvalue weighted by Crippen LogP contribution is 2.65. The van der Waals surface area contributed by atoms with E-state index in [0.29, 0.717) is 35.8 Å². The van der Waals surface area contributed by atoms with Gasteiger partial charge >= 0.3 is 0 Å². The van der Waals surface area contributed by atoms with Gasteiger partial charge in [0.2, 0.25) is 0 Å². The van der Waals surface area contributed by atoms with Gasteiger partial charge in [0.05, 0.1) is 17.8 Å². The van der Waals surface area contributed by atoms with Crippen LogP contribution < -0.4 is 11.1 Å². The molecule has 0 radical (unpaired) electrons. The van der Waals surface area contributed by atoms with E-state index < -0.39 is 0 Å². The molecule has 31 heavy (non-hydrogen) atoms. The summed E-state index contributed by atoms with van der Waals surface area (Å²) >= 11 is 0. The van der Waals surface area contributed by atoms with Crippen LogP contribution in [-0.2, 0) is 4.74 Å². The molecule has 2 aliphatic heterocycles. The molecule has 2 heterocycles. The maximum absolute atomic E-state index is 10.3. The van der Waals surface area contributed by atoms with Crippen molar-refractivity contribution in [1.29, 1.82) is 0 Å². The largest absolute Gasteiger partial charge is 0.393 e. The normalized spacial score (nSPS) is 56.1. The predicted molar refractivity (Wildman–Crippen MR) is 123 cm³/mol. The molecule has 6 rings (SSSR count). The van der Waals surface area contributed by atoms with Crippen LogP contribution in [0.5, 0.6) is 0 Å². The number of piperidine rings is 1. The van der Waals surface area contributed by atoms with Gasteiger partial charge in [0, 0.05) is 22.9 Å². The predicted octanol–water partition coefficient (Wildman–Crippen LogP) is 4.08. The minimum Gasteiger partial charge on any atom is -0.393 e. The van der Waals surface area contributed by atoms with Crippen molar-refractivity contribution in [3.8, 4) is 0 Å². The van der Waals surface area contributed by atoms with E-state index in [-0.39, 0.29) is 22.7 Å². The summed E-state index contributed by atoms with van der Waals surface area (Å²) in [5.74, 6) is 2.36. The molecule has 0 aromatic heterocycles. The topological polar surface area (TPSA) is 67.5 Å². The molecular weight excluding hydrogens is 384 g/mol. The summed E-state index contributed by atoms with van der Waals surface area (Å²) in [6, 6.07) is 0.490. The summed E-state index contributed by atoms with van der Waals surface area (Å²) in [6.07, 6.45) is 11.0. The molecule has 172 valence electrons. The molecule has 0 bridgehead atoms. The third kappa shape index (κ3) is 2.57. The van der Waals surface area contributed by atoms with Crippen molar-refractivity contribution >= 4 is 0 Å². The third-order valence-electron chi connectivity index (χ3n) is 11.2. The van der Waals surface area contributed by atoms with Gasteiger partial charge in [-0.3, -0.25) is 0 Å². The first-order valence-electron chi connectivity index (χ1n) is 13.0. The summed E-state index contributed by atoms with van der Waals surface area (Å²) < 4.78 is 7.02. The quantitative estimate of drug-likeness (QED) is 0.511. The maximum Gasteiger partial charge on any atom is 0.0937 e. The summed E-state index contributed by atoms with van der Waals surface area (Å²) in [5.41, 5.74) is 11.8. The van der Waals surface area contributed by atoms with Gasteiger partial charge in [-0.1, -0.05) is 38.0 Å². The fourth-order valence-electron chi connectivity index (χ4n) is 9.18. The number of ether oxygens (including phenoxy) is 1. The number of nitrogens with one attached hydrogen (secondary N) is 1. The second kappa shape index (κ2) is 6.68. The lowest BCUT2D eigenvalue weighted by Crippen LogP contribution is -2.61. The van der Waals surface area contributed by atoms with Crippen LogP contribution in [-0.4, -0.2) is 41.0 Å². The molecular formula is C27H42N2O2. The van der Waals surface area contributed by atoms with E-state index in [2.05, 4.69) is 39.1 Å². The molecule has 10 atom stereocenters. The number of nitrogens with two attached hydrogens (primary N) is 1. The Balaban J connectivity index is 1.38. The minimum atomic E-state index is -0.182. The molecule has 4 aliphatic carbocycles. The van der Waals surface area contributed by atoms with Crippen molar-refractivity contribution in [2.75, 3.05) is 6.54 Å². The van der Waals surface area contributed by atoms with Crippen molar-refractivity contribution < 1.29 is 9.84 Å². The first-order valence-corrected chi connectivity index (χ1v) is 13.0. The molecule has 1 unspecified atom stereocenters. The highest BCUT2D eigenvalue weighted by molar-refractivity contribution is 5.43. The van der Waals surface area contributed by atoms with Crippen molar-refractivity contribution in [3.05, 3.63) is 22.8 Å². The van der Waals surface area contributed by atoms with Crippen molar-refractivity contribution in [2.24, 2.45) is 34.8 Å². The van der Waals surface area contributed by atoms with Crippen molar-refractivity contribution in [2.45, 2.75) is 108 Å². The Kier molecular flexibility index (Phi) is 4.50. The van der Waals surface area contributed by atoms with Crippen molar-refractivity contribution in [3.63, 3.8) is 0 Å². The molecule has 0 aromatic rings. The second-order valence-corrected chi connectivity index (χ2v) is 12.4. The first kappa shape index (κ1) is 20.9. The van der Waals surface area contributed by atoms with E-state index in [1.807, 2.05) is 0 Å². The SMILES string of the molecule is CC1=C2C[C@@]3(N)[C@@H](CC=C4CC(O)CC[C@@]43C)[C@@H]2CC[C@]12O[C@@H]1C[C@H](C)CN[C@H]1[C@H]2C. The van der Waals surface area contributed by atoms with E-state index in [4.69, 9.17) is 10.5 Å². The summed E-state index contributed by atoms with van der Waals surface area (Å²) in [5, 5.41) is 14.1. The van der Waals surface area contributed by atoms with Gasteiger partial charge in [-0.25, -0.2) is 0 Å². The molecule has 0 aromatic carbocycles. The van der Waals surface area contributed by atoms with Crippen LogP contribution in [0, 0.1) is 29.1 Å². The fourth-order valence-corrected chi connectivity index (χ4v) is 9.18. The Hall–Kier alpha value is -0.680. The molecule has 2 saturated heterocycles. The molecule has 1 spiro atoms. The van der Waals surface area contributed by atoms with Gasteiger partial charge < -0.3 is 20.9 Å². The molecule has 4 heteroatoms. The fraction of sp³-hybridized carbons (Fsp3) is 0.852. The van der Waals surface area contributed by atoms with Crippen LogP contribution in [0.2, 0.25) is 0 Å². The Morgan fingerprint density at radius 3 is 2.84 bits per heavy atom. The van der Waals surface area contributed by atoms with Gasteiger partial charge in [0.25, 0.3) is 0 Å². The number of rotatable bonds is 0. The van der Waals surface area contributed by atoms with Crippen LogP contribution >= 0.6 is 0 Å². The van der Waals surface area contributed by atoms with Gasteiger partial charge in [0.1, 0.15) is 0 Å². The first-order chi connectivity index (χ1) is 14.7. The van der Waals surface area contributed by atoms with Crippen LogP contribution in [0.25, 0.3) is 0 Å². The molecule has 4 N–H and O–H groups in total. The minimum absolute atomic E-state index is 0.0278. The number of allylic oxidation sites excluding steroid dienone is 1. The van der Waals surface area contributed by atoms with E-state index in [0.717, 1.165) is 45.1 Å².